The van der Waals surface area contributed by atoms with E-state index in [4.69, 9.17) is 9.51 Å². The first-order valence-corrected chi connectivity index (χ1v) is 11.0. The molecule has 4 heterocycles. The van der Waals surface area contributed by atoms with E-state index < -0.39 is 0 Å². The molecule has 154 valence electrons. The first kappa shape index (κ1) is 20.2. The molecular formula is C20H20N6O2S2. The number of carbonyl (C=O) groups excluding carboxylic acids is 1. The van der Waals surface area contributed by atoms with Gasteiger partial charge in [-0.1, -0.05) is 5.16 Å². The van der Waals surface area contributed by atoms with Crippen LogP contribution in [0.2, 0.25) is 0 Å². The van der Waals surface area contributed by atoms with E-state index in [1.165, 1.54) is 16.2 Å². The third-order valence-corrected chi connectivity index (χ3v) is 6.24. The molecule has 0 aromatic carbocycles. The smallest absolute Gasteiger partial charge is 0.263 e. The predicted octanol–water partition coefficient (Wildman–Crippen LogP) is 4.08. The van der Waals surface area contributed by atoms with Crippen LogP contribution in [0.25, 0.3) is 21.9 Å². The number of anilines is 1. The zero-order chi connectivity index (χ0) is 21.1. The molecule has 4 aromatic rings. The summed E-state index contributed by atoms with van der Waals surface area (Å²) in [5, 5.41) is 10.0. The van der Waals surface area contributed by atoms with Crippen molar-refractivity contribution in [3.05, 3.63) is 51.0 Å². The Labute approximate surface area is 181 Å². The van der Waals surface area contributed by atoms with Gasteiger partial charge in [0.25, 0.3) is 5.91 Å². The van der Waals surface area contributed by atoms with Gasteiger partial charge in [-0.3, -0.25) is 4.79 Å². The molecule has 0 radical (unpaired) electrons. The first-order chi connectivity index (χ1) is 14.5. The van der Waals surface area contributed by atoms with Crippen molar-refractivity contribution in [2.75, 3.05) is 18.4 Å². The van der Waals surface area contributed by atoms with E-state index in [0.29, 0.717) is 29.7 Å². The van der Waals surface area contributed by atoms with Gasteiger partial charge < -0.3 is 15.2 Å². The van der Waals surface area contributed by atoms with Crippen LogP contribution in [0, 0.1) is 20.8 Å². The maximum atomic E-state index is 12.2. The number of hydrogen-bond acceptors (Lipinski definition) is 9. The first-order valence-electron chi connectivity index (χ1n) is 9.31. The summed E-state index contributed by atoms with van der Waals surface area (Å²) in [4.78, 5) is 28.2. The van der Waals surface area contributed by atoms with Gasteiger partial charge in [0.2, 0.25) is 5.95 Å². The van der Waals surface area contributed by atoms with Crippen LogP contribution in [-0.2, 0) is 0 Å². The lowest BCUT2D eigenvalue weighted by atomic mass is 10.1. The van der Waals surface area contributed by atoms with Gasteiger partial charge in [-0.05, 0) is 32.9 Å². The predicted molar refractivity (Wildman–Crippen MR) is 118 cm³/mol. The van der Waals surface area contributed by atoms with Crippen LogP contribution in [0.1, 0.15) is 25.9 Å². The number of thiophene rings is 1. The molecule has 0 saturated carbocycles. The Morgan fingerprint density at radius 3 is 2.70 bits per heavy atom. The van der Waals surface area contributed by atoms with Gasteiger partial charge in [-0.15, -0.1) is 22.7 Å². The van der Waals surface area contributed by atoms with Gasteiger partial charge in [0.15, 0.2) is 5.76 Å². The zero-order valence-electron chi connectivity index (χ0n) is 16.7. The van der Waals surface area contributed by atoms with Gasteiger partial charge in [0, 0.05) is 30.2 Å². The van der Waals surface area contributed by atoms with E-state index in [0.717, 1.165) is 27.5 Å². The summed E-state index contributed by atoms with van der Waals surface area (Å²) in [5.41, 5.74) is 4.78. The fourth-order valence-electron chi connectivity index (χ4n) is 2.84. The lowest BCUT2D eigenvalue weighted by molar-refractivity contribution is 0.0958. The van der Waals surface area contributed by atoms with Crippen molar-refractivity contribution >= 4 is 34.5 Å². The van der Waals surface area contributed by atoms with E-state index in [2.05, 4.69) is 38.7 Å². The second kappa shape index (κ2) is 8.72. The molecule has 0 fully saturated rings. The molecule has 0 aliphatic rings. The van der Waals surface area contributed by atoms with Crippen molar-refractivity contribution in [3.63, 3.8) is 0 Å². The molecule has 1 amide bonds. The van der Waals surface area contributed by atoms with E-state index in [-0.39, 0.29) is 5.91 Å². The van der Waals surface area contributed by atoms with Crippen LogP contribution in [0.5, 0.6) is 0 Å². The number of carbonyl (C=O) groups is 1. The highest BCUT2D eigenvalue weighted by Crippen LogP contribution is 2.35. The molecule has 0 aliphatic heterocycles. The Morgan fingerprint density at radius 2 is 2.03 bits per heavy atom. The lowest BCUT2D eigenvalue weighted by Crippen LogP contribution is -2.29. The fourth-order valence-corrected chi connectivity index (χ4v) is 4.43. The Morgan fingerprint density at radius 1 is 1.17 bits per heavy atom. The minimum Gasteiger partial charge on any atom is -0.356 e. The van der Waals surface area contributed by atoms with Gasteiger partial charge in [0.1, 0.15) is 4.88 Å². The van der Waals surface area contributed by atoms with Crippen molar-refractivity contribution in [1.82, 2.24) is 25.4 Å². The minimum atomic E-state index is -0.122. The number of aryl methyl sites for hydroxylation is 3. The van der Waals surface area contributed by atoms with Crippen molar-refractivity contribution in [2.24, 2.45) is 0 Å². The summed E-state index contributed by atoms with van der Waals surface area (Å²) in [6, 6.07) is 5.96. The second-order valence-corrected chi connectivity index (χ2v) is 8.79. The Balaban J connectivity index is 1.47. The summed E-state index contributed by atoms with van der Waals surface area (Å²) in [6.45, 7) is 6.69. The summed E-state index contributed by atoms with van der Waals surface area (Å²) in [5.74, 6) is 0.995. The number of nitrogens with zero attached hydrogens (tertiary/aromatic N) is 4. The molecule has 4 aromatic heterocycles. The van der Waals surface area contributed by atoms with Crippen LogP contribution in [0.4, 0.5) is 5.95 Å². The number of thiazole rings is 1. The van der Waals surface area contributed by atoms with Crippen molar-refractivity contribution in [2.45, 2.75) is 20.8 Å². The number of nitrogens with one attached hydrogen (secondary N) is 2. The molecule has 4 rings (SSSR count). The second-order valence-electron chi connectivity index (χ2n) is 6.65. The molecule has 0 unspecified atom stereocenters. The maximum Gasteiger partial charge on any atom is 0.263 e. The molecule has 10 heteroatoms. The highest BCUT2D eigenvalue weighted by molar-refractivity contribution is 7.15. The van der Waals surface area contributed by atoms with Crippen molar-refractivity contribution in [1.29, 1.82) is 0 Å². The van der Waals surface area contributed by atoms with E-state index in [1.807, 2.05) is 26.0 Å². The monoisotopic (exact) mass is 440 g/mol. The summed E-state index contributed by atoms with van der Waals surface area (Å²) >= 11 is 2.99. The number of rotatable bonds is 7. The maximum absolute atomic E-state index is 12.2. The molecule has 0 saturated heterocycles. The van der Waals surface area contributed by atoms with Gasteiger partial charge in [-0.2, -0.15) is 0 Å². The van der Waals surface area contributed by atoms with E-state index in [1.54, 1.807) is 23.0 Å². The van der Waals surface area contributed by atoms with Crippen molar-refractivity contribution in [3.8, 4) is 21.9 Å². The average molecular weight is 441 g/mol. The molecule has 0 bridgehead atoms. The molecule has 2 N–H and O–H groups in total. The third kappa shape index (κ3) is 4.39. The van der Waals surface area contributed by atoms with Crippen LogP contribution in [-0.4, -0.2) is 39.1 Å². The van der Waals surface area contributed by atoms with Gasteiger partial charge >= 0.3 is 0 Å². The number of hydrogen-bond donors (Lipinski definition) is 2. The van der Waals surface area contributed by atoms with Crippen molar-refractivity contribution < 1.29 is 9.32 Å². The Hall–Kier alpha value is -3.11. The lowest BCUT2D eigenvalue weighted by Gasteiger charge is -2.09. The number of amides is 1. The zero-order valence-corrected chi connectivity index (χ0v) is 18.4. The highest BCUT2D eigenvalue weighted by atomic mass is 32.1. The third-order valence-electron chi connectivity index (χ3n) is 4.30. The van der Waals surface area contributed by atoms with Gasteiger partial charge in [0.05, 0.1) is 33.0 Å². The summed E-state index contributed by atoms with van der Waals surface area (Å²) < 4.78 is 5.43. The molecule has 30 heavy (non-hydrogen) atoms. The Bertz CT molecular complexity index is 1180. The average Bonchev–Trinajstić information content (AvgIpc) is 3.46. The quantitative estimate of drug-likeness (QED) is 0.417. The standard InChI is InChI=1S/C20H20N6O2S2/c1-11-8-15(28-26-11)14-9-23-20(25-17(14)16-5-4-12(2)30-16)22-7-6-21-19(27)18-13(3)24-10-29-18/h4-5,8-10H,6-7H2,1-3H3,(H,21,27)(H,22,23,25). The topological polar surface area (TPSA) is 106 Å². The normalized spacial score (nSPS) is 10.9. The fraction of sp³-hybridized carbons (Fsp3) is 0.250. The SMILES string of the molecule is Cc1cc(-c2cnc(NCCNC(=O)c3scnc3C)nc2-c2ccc(C)s2)on1. The highest BCUT2D eigenvalue weighted by Gasteiger charge is 2.17. The molecule has 0 spiro atoms. The molecule has 0 atom stereocenters. The Kier molecular flexibility index (Phi) is 5.86. The molecule has 8 nitrogen and oxygen atoms in total. The minimum absolute atomic E-state index is 0.122. The van der Waals surface area contributed by atoms with Crippen LogP contribution in [0.15, 0.2) is 34.4 Å². The van der Waals surface area contributed by atoms with E-state index >= 15 is 0 Å². The van der Waals surface area contributed by atoms with Gasteiger partial charge in [-0.25, -0.2) is 15.0 Å². The van der Waals surface area contributed by atoms with Crippen LogP contribution < -0.4 is 10.6 Å². The van der Waals surface area contributed by atoms with Crippen LogP contribution >= 0.6 is 22.7 Å². The molecule has 0 aliphatic carbocycles. The largest absolute Gasteiger partial charge is 0.356 e. The summed E-state index contributed by atoms with van der Waals surface area (Å²) in [7, 11) is 0. The summed E-state index contributed by atoms with van der Waals surface area (Å²) in [6.07, 6.45) is 1.74. The van der Waals surface area contributed by atoms with Crippen LogP contribution in [0.3, 0.4) is 0 Å². The number of aromatic nitrogens is 4. The molecular weight excluding hydrogens is 420 g/mol. The van der Waals surface area contributed by atoms with E-state index in [9.17, 15) is 4.79 Å².